The van der Waals surface area contributed by atoms with Crippen molar-refractivity contribution in [2.24, 2.45) is 0 Å². The molecule has 5 rings (SSSR count). The molecule has 1 aliphatic rings. The van der Waals surface area contributed by atoms with Crippen LogP contribution in [0.25, 0.3) is 15.2 Å². The van der Waals surface area contributed by atoms with E-state index in [0.29, 0.717) is 45.6 Å². The number of fused-ring (bicyclic) bond motifs is 1. The highest BCUT2D eigenvalue weighted by molar-refractivity contribution is 7.21. The third-order valence-corrected chi connectivity index (χ3v) is 10.7. The maximum atomic E-state index is 14.9. The number of aryl methyl sites for hydroxylation is 2. The average Bonchev–Trinajstić information content (AvgIpc) is 3.72. The fraction of sp³-hybridized carbons (Fsp3) is 0.529. The van der Waals surface area contributed by atoms with Crippen molar-refractivity contribution in [2.75, 3.05) is 6.54 Å². The number of halogens is 1. The number of hydrogen-bond acceptors (Lipinski definition) is 8. The number of thiophene rings is 1. The molecule has 0 N–H and O–H groups in total. The number of nitrogens with zero attached hydrogens (tertiary/aromatic N) is 7. The fourth-order valence-electron chi connectivity index (χ4n) is 6.70. The highest BCUT2D eigenvalue weighted by atomic mass is 32.1. The summed E-state index contributed by atoms with van der Waals surface area (Å²) in [4.78, 5) is 46.4. The lowest BCUT2D eigenvalue weighted by Crippen LogP contribution is -2.72. The third kappa shape index (κ3) is 6.05. The summed E-state index contributed by atoms with van der Waals surface area (Å²) in [7, 11) is 0. The molecule has 3 aromatic heterocycles. The second kappa shape index (κ2) is 13.9. The van der Waals surface area contributed by atoms with Crippen molar-refractivity contribution in [3.05, 3.63) is 73.9 Å². The number of likely N-dealkylation sites (tertiary alicyclic amines) is 1. The van der Waals surface area contributed by atoms with E-state index in [-0.39, 0.29) is 37.6 Å². The van der Waals surface area contributed by atoms with Gasteiger partial charge in [0.25, 0.3) is 11.5 Å². The first kappa shape index (κ1) is 34.2. The molecular formula is C34H42FN7O4S. The van der Waals surface area contributed by atoms with Crippen LogP contribution < -0.4 is 11.2 Å². The van der Waals surface area contributed by atoms with Crippen LogP contribution in [0, 0.1) is 24.1 Å². The number of rotatable bonds is 14. The van der Waals surface area contributed by atoms with E-state index in [1.807, 2.05) is 27.7 Å². The number of ether oxygens (including phenoxy) is 1. The number of hydrogen-bond donors (Lipinski definition) is 0. The van der Waals surface area contributed by atoms with Crippen molar-refractivity contribution in [1.82, 2.24) is 29.0 Å². The Labute approximate surface area is 277 Å². The van der Waals surface area contributed by atoms with Gasteiger partial charge in [0.1, 0.15) is 27.3 Å². The van der Waals surface area contributed by atoms with Crippen molar-refractivity contribution in [2.45, 2.75) is 110 Å². The van der Waals surface area contributed by atoms with Gasteiger partial charge in [-0.05, 0) is 69.2 Å². The van der Waals surface area contributed by atoms with Crippen LogP contribution in [0.2, 0.25) is 0 Å². The molecule has 1 unspecified atom stereocenters. The molecule has 1 fully saturated rings. The molecule has 4 heterocycles. The highest BCUT2D eigenvalue weighted by Gasteiger charge is 2.53. The maximum Gasteiger partial charge on any atom is 0.333 e. The summed E-state index contributed by atoms with van der Waals surface area (Å²) in [6, 6.07) is 6.58. The summed E-state index contributed by atoms with van der Waals surface area (Å²) in [5.74, 6) is -0.735. The Balaban J connectivity index is 1.76. The number of carbonyl (C=O) groups is 1. The lowest BCUT2D eigenvalue weighted by molar-refractivity contribution is -0.161. The third-order valence-electron chi connectivity index (χ3n) is 9.44. The zero-order valence-corrected chi connectivity index (χ0v) is 28.6. The number of nitriles is 1. The molecule has 0 saturated carbocycles. The van der Waals surface area contributed by atoms with Gasteiger partial charge in [0.15, 0.2) is 0 Å². The van der Waals surface area contributed by atoms with Gasteiger partial charge in [-0.2, -0.15) is 15.5 Å². The molecule has 250 valence electrons. The lowest BCUT2D eigenvalue weighted by Gasteiger charge is -2.50. The lowest BCUT2D eigenvalue weighted by atomic mass is 9.87. The van der Waals surface area contributed by atoms with E-state index >= 15 is 0 Å². The summed E-state index contributed by atoms with van der Waals surface area (Å²) in [6.45, 7) is 11.6. The predicted octanol–water partition coefficient (Wildman–Crippen LogP) is 5.40. The number of aromatic nitrogens is 5. The van der Waals surface area contributed by atoms with Crippen LogP contribution in [0.15, 0.2) is 40.2 Å². The molecule has 0 bridgehead atoms. The van der Waals surface area contributed by atoms with Crippen molar-refractivity contribution < 1.29 is 13.9 Å². The van der Waals surface area contributed by atoms with Gasteiger partial charge >= 0.3 is 5.69 Å². The van der Waals surface area contributed by atoms with Crippen LogP contribution in [0.1, 0.15) is 89.5 Å². The zero-order chi connectivity index (χ0) is 34.0. The fourth-order valence-corrected chi connectivity index (χ4v) is 7.92. The van der Waals surface area contributed by atoms with Gasteiger partial charge < -0.3 is 9.64 Å². The van der Waals surface area contributed by atoms with Gasteiger partial charge in [0.05, 0.1) is 43.0 Å². The molecule has 1 saturated heterocycles. The van der Waals surface area contributed by atoms with E-state index in [0.717, 1.165) is 23.0 Å². The molecule has 1 aliphatic heterocycles. The molecule has 47 heavy (non-hydrogen) atoms. The minimum absolute atomic E-state index is 0.00946. The van der Waals surface area contributed by atoms with E-state index in [1.165, 1.54) is 45.2 Å². The van der Waals surface area contributed by atoms with Crippen LogP contribution in [-0.4, -0.2) is 53.6 Å². The molecule has 4 aromatic rings. The van der Waals surface area contributed by atoms with Gasteiger partial charge in [-0.1, -0.05) is 45.1 Å². The Morgan fingerprint density at radius 1 is 1.09 bits per heavy atom. The minimum atomic E-state index is -1.38. The van der Waals surface area contributed by atoms with Crippen molar-refractivity contribution >= 4 is 27.5 Å². The van der Waals surface area contributed by atoms with Gasteiger partial charge in [0, 0.05) is 18.0 Å². The van der Waals surface area contributed by atoms with E-state index in [9.17, 15) is 24.0 Å². The summed E-state index contributed by atoms with van der Waals surface area (Å²) < 4.78 is 24.1. The summed E-state index contributed by atoms with van der Waals surface area (Å²) in [5.41, 5.74) is -0.708. The SMILES string of the molecule is CCC(CC)O[C@@H](Cn1c(=O)n(C2(C)CN(C(CC)CC)C2=O)c(=O)c2c(C)c(-n3nccn3)sc21)c1cc(F)ccc1CCC#N. The molecule has 0 radical (unpaired) electrons. The van der Waals surface area contributed by atoms with Gasteiger partial charge in [-0.15, -0.1) is 4.80 Å². The molecule has 1 aromatic carbocycles. The van der Waals surface area contributed by atoms with Crippen molar-refractivity contribution in [3.63, 3.8) is 0 Å². The smallest absolute Gasteiger partial charge is 0.333 e. The average molecular weight is 664 g/mol. The number of carbonyl (C=O) groups excluding carboxylic acids is 1. The van der Waals surface area contributed by atoms with E-state index in [4.69, 9.17) is 4.74 Å². The highest BCUT2D eigenvalue weighted by Crippen LogP contribution is 2.36. The topological polar surface area (TPSA) is 128 Å². The Hall–Kier alpha value is -4.15. The molecule has 13 heteroatoms. The number of β-lactam (4-membered cyclic amide) rings is 1. The van der Waals surface area contributed by atoms with E-state index < -0.39 is 28.7 Å². The number of amides is 1. The van der Waals surface area contributed by atoms with Crippen LogP contribution in [0.5, 0.6) is 0 Å². The van der Waals surface area contributed by atoms with E-state index in [2.05, 4.69) is 16.3 Å². The second-order valence-corrected chi connectivity index (χ2v) is 13.3. The predicted molar refractivity (Wildman–Crippen MR) is 178 cm³/mol. The monoisotopic (exact) mass is 663 g/mol. The van der Waals surface area contributed by atoms with Gasteiger partial charge in [0.2, 0.25) is 0 Å². The molecule has 11 nitrogen and oxygen atoms in total. The zero-order valence-electron chi connectivity index (χ0n) is 27.8. The molecule has 0 aliphatic carbocycles. The second-order valence-electron chi connectivity index (χ2n) is 12.3. The van der Waals surface area contributed by atoms with Gasteiger partial charge in [-0.25, -0.2) is 13.8 Å². The van der Waals surface area contributed by atoms with Gasteiger partial charge in [-0.3, -0.25) is 14.2 Å². The summed E-state index contributed by atoms with van der Waals surface area (Å²) in [5, 5.41) is 18.7. The standard InChI is InChI=1S/C34H42FN7O4S/c1-7-24(8-2)40-20-34(6,32(40)44)41-29(43)28-21(5)30(42-37-16-17-38-42)47-31(28)39(33(41)45)19-27(46-25(9-3)10-4)26-18-23(35)14-13-22(26)12-11-15-36/h13-14,16-18,24-25,27H,7-12,19-20H2,1-6H3/t27-,34?/m0/s1. The first-order valence-corrected chi connectivity index (χ1v) is 17.1. The summed E-state index contributed by atoms with van der Waals surface area (Å²) in [6.07, 6.45) is 5.57. The molecule has 1 amide bonds. The van der Waals surface area contributed by atoms with Crippen LogP contribution in [-0.2, 0) is 28.0 Å². The van der Waals surface area contributed by atoms with E-state index in [1.54, 1.807) is 24.8 Å². The normalized spacial score (nSPS) is 17.1. The molecular weight excluding hydrogens is 621 g/mol. The Bertz CT molecular complexity index is 1920. The largest absolute Gasteiger partial charge is 0.368 e. The van der Waals surface area contributed by atoms with Crippen LogP contribution in [0.3, 0.4) is 0 Å². The quantitative estimate of drug-likeness (QED) is 0.165. The Morgan fingerprint density at radius 3 is 2.36 bits per heavy atom. The van der Waals surface area contributed by atoms with Crippen molar-refractivity contribution in [1.29, 1.82) is 5.26 Å². The maximum absolute atomic E-state index is 14.9. The first-order chi connectivity index (χ1) is 22.5. The van der Waals surface area contributed by atoms with Crippen LogP contribution in [0.4, 0.5) is 4.39 Å². The Kier molecular flexibility index (Phi) is 10.1. The van der Waals surface area contributed by atoms with Crippen molar-refractivity contribution in [3.8, 4) is 11.1 Å². The minimum Gasteiger partial charge on any atom is -0.368 e. The number of benzene rings is 1. The first-order valence-electron chi connectivity index (χ1n) is 16.3. The Morgan fingerprint density at radius 2 is 1.77 bits per heavy atom. The molecule has 2 atom stereocenters. The van der Waals surface area contributed by atoms with Crippen LogP contribution >= 0.6 is 11.3 Å². The molecule has 0 spiro atoms. The summed E-state index contributed by atoms with van der Waals surface area (Å²) >= 11 is 1.20.